The highest BCUT2D eigenvalue weighted by Gasteiger charge is 2.34. The molecule has 6 nitrogen and oxygen atoms in total. The van der Waals surface area contributed by atoms with Crippen LogP contribution in [0.3, 0.4) is 0 Å². The number of rotatable bonds is 6. The molecule has 1 aliphatic rings. The van der Waals surface area contributed by atoms with Gasteiger partial charge in [-0.2, -0.15) is 0 Å². The Morgan fingerprint density at radius 2 is 1.88 bits per heavy atom. The van der Waals surface area contributed by atoms with Gasteiger partial charge in [-0.25, -0.2) is 9.79 Å². The Morgan fingerprint density at radius 1 is 1.18 bits per heavy atom. The summed E-state index contributed by atoms with van der Waals surface area (Å²) in [7, 11) is 1.64. The summed E-state index contributed by atoms with van der Waals surface area (Å²) in [5, 5.41) is 11.0. The highest BCUT2D eigenvalue weighted by molar-refractivity contribution is 8.18. The van der Waals surface area contributed by atoms with Crippen molar-refractivity contribution in [3.63, 3.8) is 0 Å². The van der Waals surface area contributed by atoms with Crippen molar-refractivity contribution in [2.24, 2.45) is 4.99 Å². The minimum Gasteiger partial charge on any atom is -0.506 e. The first-order valence-corrected chi connectivity index (χ1v) is 11.5. The van der Waals surface area contributed by atoms with Crippen LogP contribution in [0.2, 0.25) is 0 Å². The van der Waals surface area contributed by atoms with Crippen molar-refractivity contribution in [2.75, 3.05) is 13.7 Å². The van der Waals surface area contributed by atoms with Gasteiger partial charge in [-0.3, -0.25) is 4.79 Å². The van der Waals surface area contributed by atoms with Crippen LogP contribution in [0.15, 0.2) is 63.7 Å². The predicted octanol–water partition coefficient (Wildman–Crippen LogP) is 5.83. The van der Waals surface area contributed by atoms with Crippen molar-refractivity contribution in [1.82, 2.24) is 0 Å². The minimum atomic E-state index is -0.722. The van der Waals surface area contributed by atoms with Crippen LogP contribution in [0.1, 0.15) is 53.7 Å². The lowest BCUT2D eigenvalue weighted by molar-refractivity contribution is -0.138. The molecule has 1 aliphatic heterocycles. The second kappa shape index (κ2) is 10.5. The van der Waals surface area contributed by atoms with Gasteiger partial charge in [0.05, 0.1) is 18.6 Å². The molecule has 0 saturated heterocycles. The lowest BCUT2D eigenvalue weighted by Gasteiger charge is -2.15. The first-order chi connectivity index (χ1) is 15.8. The Morgan fingerprint density at radius 3 is 2.48 bits per heavy atom. The largest absolute Gasteiger partial charge is 0.506 e. The zero-order chi connectivity index (χ0) is 24.1. The first-order valence-electron chi connectivity index (χ1n) is 10.6. The van der Waals surface area contributed by atoms with Crippen molar-refractivity contribution in [2.45, 2.75) is 33.6 Å². The zero-order valence-corrected chi connectivity index (χ0v) is 20.2. The monoisotopic (exact) mass is 465 g/mol. The Bertz CT molecular complexity index is 1160. The van der Waals surface area contributed by atoms with Crippen molar-refractivity contribution < 1.29 is 24.2 Å². The lowest BCUT2D eigenvalue weighted by Crippen LogP contribution is -2.14. The highest BCUT2D eigenvalue weighted by Crippen LogP contribution is 2.40. The summed E-state index contributed by atoms with van der Waals surface area (Å²) >= 11 is 1.07. The number of carbonyl (C=O) groups is 2. The maximum atomic E-state index is 12.7. The van der Waals surface area contributed by atoms with Gasteiger partial charge >= 0.3 is 5.97 Å². The van der Waals surface area contributed by atoms with E-state index in [1.54, 1.807) is 50.4 Å². The number of aliphatic hydroxyl groups is 1. The van der Waals surface area contributed by atoms with Gasteiger partial charge in [0.1, 0.15) is 22.1 Å². The number of aryl methyl sites for hydroxylation is 1. The average Bonchev–Trinajstić information content (AvgIpc) is 3.09. The van der Waals surface area contributed by atoms with E-state index < -0.39 is 11.9 Å². The SMILES string of the molecule is CCOC(=O)C1=C(O)/C(=C/c2cc(C(C)C)c(OC)cc2C)SC1=NC(=O)c1ccccc1. The summed E-state index contributed by atoms with van der Waals surface area (Å²) < 4.78 is 10.6. The molecule has 0 atom stereocenters. The third-order valence-corrected chi connectivity index (χ3v) is 6.14. The van der Waals surface area contributed by atoms with Gasteiger partial charge in [0.15, 0.2) is 0 Å². The van der Waals surface area contributed by atoms with Crippen molar-refractivity contribution in [3.8, 4) is 5.75 Å². The molecule has 0 radical (unpaired) electrons. The molecule has 33 heavy (non-hydrogen) atoms. The maximum absolute atomic E-state index is 12.7. The molecule has 0 bridgehead atoms. The van der Waals surface area contributed by atoms with Gasteiger partial charge in [0.25, 0.3) is 5.91 Å². The predicted molar refractivity (Wildman–Crippen MR) is 132 cm³/mol. The molecular weight excluding hydrogens is 438 g/mol. The van der Waals surface area contributed by atoms with Crippen molar-refractivity contribution in [1.29, 1.82) is 0 Å². The summed E-state index contributed by atoms with van der Waals surface area (Å²) in [6.45, 7) is 7.90. The topological polar surface area (TPSA) is 85.2 Å². The molecule has 0 aromatic heterocycles. The molecule has 2 aromatic carbocycles. The number of thioether (sulfide) groups is 1. The first kappa shape index (κ1) is 24.3. The van der Waals surface area contributed by atoms with E-state index in [-0.39, 0.29) is 28.9 Å². The third kappa shape index (κ3) is 5.37. The van der Waals surface area contributed by atoms with Crippen molar-refractivity contribution >= 4 is 34.8 Å². The van der Waals surface area contributed by atoms with Crippen LogP contribution in [0.4, 0.5) is 0 Å². The number of nitrogens with zero attached hydrogens (tertiary/aromatic N) is 1. The van der Waals surface area contributed by atoms with Crippen molar-refractivity contribution in [3.05, 3.63) is 81.0 Å². The molecule has 0 unspecified atom stereocenters. The van der Waals surface area contributed by atoms with Crippen LogP contribution in [-0.2, 0) is 9.53 Å². The van der Waals surface area contributed by atoms with E-state index in [1.807, 2.05) is 19.1 Å². The molecule has 0 saturated carbocycles. The second-order valence-corrected chi connectivity index (χ2v) is 8.78. The number of carbonyl (C=O) groups excluding carboxylic acids is 2. The van der Waals surface area contributed by atoms with E-state index in [0.717, 1.165) is 34.2 Å². The van der Waals surface area contributed by atoms with Crippen LogP contribution in [0, 0.1) is 6.92 Å². The third-order valence-electron chi connectivity index (χ3n) is 5.12. The molecule has 2 aromatic rings. The smallest absolute Gasteiger partial charge is 0.344 e. The minimum absolute atomic E-state index is 0.104. The van der Waals surface area contributed by atoms with E-state index in [2.05, 4.69) is 18.8 Å². The van der Waals surface area contributed by atoms with E-state index >= 15 is 0 Å². The Labute approximate surface area is 198 Å². The number of methoxy groups -OCH3 is 1. The van der Waals surface area contributed by atoms with Crippen LogP contribution in [0.5, 0.6) is 5.75 Å². The van der Waals surface area contributed by atoms with Crippen LogP contribution in [0.25, 0.3) is 6.08 Å². The van der Waals surface area contributed by atoms with E-state index in [4.69, 9.17) is 9.47 Å². The Kier molecular flexibility index (Phi) is 7.76. The summed E-state index contributed by atoms with van der Waals surface area (Å²) in [5.41, 5.74) is 3.12. The van der Waals surface area contributed by atoms with Gasteiger partial charge in [0.2, 0.25) is 0 Å². The molecule has 3 rings (SSSR count). The lowest BCUT2D eigenvalue weighted by atomic mass is 9.96. The van der Waals surface area contributed by atoms with Gasteiger partial charge in [0, 0.05) is 5.56 Å². The van der Waals surface area contributed by atoms with Gasteiger partial charge < -0.3 is 14.6 Å². The summed E-state index contributed by atoms with van der Waals surface area (Å²) in [6.07, 6.45) is 1.79. The number of hydrogen-bond donors (Lipinski definition) is 1. The van der Waals surface area contributed by atoms with Gasteiger partial charge in [-0.15, -0.1) is 0 Å². The fourth-order valence-corrected chi connectivity index (χ4v) is 4.37. The number of amides is 1. The number of esters is 1. The molecule has 0 spiro atoms. The van der Waals surface area contributed by atoms with Gasteiger partial charge in [-0.1, -0.05) is 43.8 Å². The van der Waals surface area contributed by atoms with Crippen LogP contribution >= 0.6 is 11.8 Å². The quantitative estimate of drug-likeness (QED) is 0.541. The maximum Gasteiger partial charge on any atom is 0.344 e. The number of aliphatic hydroxyl groups excluding tert-OH is 1. The fraction of sp³-hybridized carbons (Fsp3) is 0.269. The molecule has 172 valence electrons. The van der Waals surface area contributed by atoms with Crippen LogP contribution in [-0.4, -0.2) is 35.7 Å². The molecular formula is C26H27NO5S. The van der Waals surface area contributed by atoms with E-state index in [1.165, 1.54) is 0 Å². The molecule has 7 heteroatoms. The standard InChI is InChI=1S/C26H27NO5S/c1-6-32-26(30)22-23(28)21(33-25(22)27-24(29)17-10-8-7-9-11-17)14-18-13-19(15(2)3)20(31-5)12-16(18)4/h7-15,28H,6H2,1-5H3/b21-14-,27-25?. The molecule has 1 N–H and O–H groups in total. The zero-order valence-electron chi connectivity index (χ0n) is 19.3. The van der Waals surface area contributed by atoms with E-state index in [9.17, 15) is 14.7 Å². The second-order valence-electron chi connectivity index (χ2n) is 7.75. The summed E-state index contributed by atoms with van der Waals surface area (Å²) in [6, 6.07) is 12.5. The highest BCUT2D eigenvalue weighted by atomic mass is 32.2. The molecule has 1 amide bonds. The average molecular weight is 466 g/mol. The molecule has 1 heterocycles. The Hall–Kier alpha value is -3.32. The number of hydrogen-bond acceptors (Lipinski definition) is 6. The number of ether oxygens (including phenoxy) is 2. The normalized spacial score (nSPS) is 16.1. The van der Waals surface area contributed by atoms with Gasteiger partial charge in [-0.05, 0) is 66.8 Å². The molecule has 0 aliphatic carbocycles. The molecule has 0 fully saturated rings. The Balaban J connectivity index is 2.08. The summed E-state index contributed by atoms with van der Waals surface area (Å²) in [5.74, 6) is -0.448. The van der Waals surface area contributed by atoms with Crippen LogP contribution < -0.4 is 4.74 Å². The fourth-order valence-electron chi connectivity index (χ4n) is 3.37. The number of benzene rings is 2. The number of aliphatic imine (C=N–C) groups is 1. The summed E-state index contributed by atoms with van der Waals surface area (Å²) in [4.78, 5) is 29.8. The van der Waals surface area contributed by atoms with E-state index in [0.29, 0.717) is 10.5 Å².